The zero-order chi connectivity index (χ0) is 15.3. The standard InChI is InChI=1S/C17H18N2O2/c1-3-13-18-17(2,14-9-5-4-6-10-14)15-11-7-8-12-16(15)19(20)21/h3-12,18H,1,13H2,2H3. The second-order valence-corrected chi connectivity index (χ2v) is 4.93. The molecule has 0 spiro atoms. The Balaban J connectivity index is 2.61. The zero-order valence-electron chi connectivity index (χ0n) is 12.0. The first-order chi connectivity index (χ1) is 10.1. The monoisotopic (exact) mass is 282 g/mol. The second-order valence-electron chi connectivity index (χ2n) is 4.93. The van der Waals surface area contributed by atoms with Crippen molar-refractivity contribution in [3.05, 3.63) is 88.5 Å². The lowest BCUT2D eigenvalue weighted by Crippen LogP contribution is -2.41. The summed E-state index contributed by atoms with van der Waals surface area (Å²) >= 11 is 0. The van der Waals surface area contributed by atoms with Gasteiger partial charge in [-0.2, -0.15) is 0 Å². The zero-order valence-corrected chi connectivity index (χ0v) is 12.0. The van der Waals surface area contributed by atoms with Crippen molar-refractivity contribution in [3.8, 4) is 0 Å². The molecule has 2 aromatic carbocycles. The van der Waals surface area contributed by atoms with E-state index in [2.05, 4.69) is 11.9 Å². The summed E-state index contributed by atoms with van der Waals surface area (Å²) in [7, 11) is 0. The van der Waals surface area contributed by atoms with Gasteiger partial charge in [0.1, 0.15) is 0 Å². The molecule has 0 bridgehead atoms. The van der Waals surface area contributed by atoms with Crippen LogP contribution in [0, 0.1) is 10.1 Å². The lowest BCUT2D eigenvalue weighted by molar-refractivity contribution is -0.386. The first-order valence-electron chi connectivity index (χ1n) is 6.75. The fourth-order valence-corrected chi connectivity index (χ4v) is 2.46. The van der Waals surface area contributed by atoms with Crippen LogP contribution >= 0.6 is 0 Å². The summed E-state index contributed by atoms with van der Waals surface area (Å²) in [5, 5.41) is 14.7. The number of hydrogen-bond donors (Lipinski definition) is 1. The van der Waals surface area contributed by atoms with Gasteiger partial charge in [-0.15, -0.1) is 6.58 Å². The van der Waals surface area contributed by atoms with E-state index in [0.717, 1.165) is 5.56 Å². The van der Waals surface area contributed by atoms with Gasteiger partial charge in [0.05, 0.1) is 16.0 Å². The number of nitrogens with zero attached hydrogens (tertiary/aromatic N) is 1. The van der Waals surface area contributed by atoms with Crippen molar-refractivity contribution in [2.75, 3.05) is 6.54 Å². The van der Waals surface area contributed by atoms with E-state index in [1.807, 2.05) is 43.3 Å². The van der Waals surface area contributed by atoms with Crippen LogP contribution in [0.25, 0.3) is 0 Å². The molecule has 0 fully saturated rings. The van der Waals surface area contributed by atoms with E-state index in [1.54, 1.807) is 18.2 Å². The number of rotatable bonds is 6. The smallest absolute Gasteiger partial charge is 0.274 e. The van der Waals surface area contributed by atoms with E-state index in [1.165, 1.54) is 6.07 Å². The molecular weight excluding hydrogens is 264 g/mol. The molecule has 0 aliphatic carbocycles. The summed E-state index contributed by atoms with van der Waals surface area (Å²) in [5.74, 6) is 0. The Kier molecular flexibility index (Phi) is 4.50. The molecule has 0 saturated carbocycles. The maximum Gasteiger partial charge on any atom is 0.274 e. The van der Waals surface area contributed by atoms with Crippen LogP contribution in [-0.4, -0.2) is 11.5 Å². The Bertz CT molecular complexity index is 640. The van der Waals surface area contributed by atoms with E-state index >= 15 is 0 Å². The van der Waals surface area contributed by atoms with E-state index in [9.17, 15) is 10.1 Å². The van der Waals surface area contributed by atoms with E-state index < -0.39 is 5.54 Å². The van der Waals surface area contributed by atoms with Crippen molar-refractivity contribution in [1.29, 1.82) is 0 Å². The first-order valence-corrected chi connectivity index (χ1v) is 6.75. The Labute approximate surface area is 124 Å². The summed E-state index contributed by atoms with van der Waals surface area (Å²) in [6.45, 7) is 6.22. The summed E-state index contributed by atoms with van der Waals surface area (Å²) < 4.78 is 0. The predicted octanol–water partition coefficient (Wildman–Crippen LogP) is 3.63. The maximum absolute atomic E-state index is 11.3. The van der Waals surface area contributed by atoms with Gasteiger partial charge in [-0.05, 0) is 18.6 Å². The Morgan fingerprint density at radius 3 is 2.43 bits per heavy atom. The fourth-order valence-electron chi connectivity index (χ4n) is 2.46. The van der Waals surface area contributed by atoms with Crippen molar-refractivity contribution in [2.24, 2.45) is 0 Å². The third-order valence-corrected chi connectivity index (χ3v) is 3.59. The highest BCUT2D eigenvalue weighted by Crippen LogP contribution is 2.35. The highest BCUT2D eigenvalue weighted by atomic mass is 16.6. The Hall–Kier alpha value is -2.46. The highest BCUT2D eigenvalue weighted by Gasteiger charge is 2.33. The summed E-state index contributed by atoms with van der Waals surface area (Å²) in [6.07, 6.45) is 1.75. The molecule has 1 unspecified atom stereocenters. The number of para-hydroxylation sites is 1. The molecule has 4 heteroatoms. The molecule has 1 N–H and O–H groups in total. The maximum atomic E-state index is 11.3. The highest BCUT2D eigenvalue weighted by molar-refractivity contribution is 5.50. The molecule has 4 nitrogen and oxygen atoms in total. The van der Waals surface area contributed by atoms with Crippen LogP contribution in [0.4, 0.5) is 5.69 Å². The third-order valence-electron chi connectivity index (χ3n) is 3.59. The summed E-state index contributed by atoms with van der Waals surface area (Å²) in [5.41, 5.74) is 1.07. The molecule has 108 valence electrons. The predicted molar refractivity (Wildman–Crippen MR) is 84.2 cm³/mol. The van der Waals surface area contributed by atoms with Crippen LogP contribution < -0.4 is 5.32 Å². The number of nitro benzene ring substituents is 1. The fraction of sp³-hybridized carbons (Fsp3) is 0.176. The van der Waals surface area contributed by atoms with Crippen LogP contribution in [0.2, 0.25) is 0 Å². The van der Waals surface area contributed by atoms with Crippen LogP contribution in [0.3, 0.4) is 0 Å². The lowest BCUT2D eigenvalue weighted by atomic mass is 9.83. The molecule has 0 aliphatic rings. The minimum absolute atomic E-state index is 0.111. The average molecular weight is 282 g/mol. The van der Waals surface area contributed by atoms with Gasteiger partial charge < -0.3 is 5.32 Å². The quantitative estimate of drug-likeness (QED) is 0.500. The number of benzene rings is 2. The molecule has 0 aromatic heterocycles. The van der Waals surface area contributed by atoms with Gasteiger partial charge in [0.15, 0.2) is 0 Å². The van der Waals surface area contributed by atoms with E-state index in [4.69, 9.17) is 0 Å². The van der Waals surface area contributed by atoms with Gasteiger partial charge >= 0.3 is 0 Å². The molecule has 0 saturated heterocycles. The Morgan fingerprint density at radius 2 is 1.81 bits per heavy atom. The van der Waals surface area contributed by atoms with Gasteiger partial charge in [0.2, 0.25) is 0 Å². The van der Waals surface area contributed by atoms with E-state index in [0.29, 0.717) is 12.1 Å². The average Bonchev–Trinajstić information content (AvgIpc) is 2.53. The molecule has 0 heterocycles. The van der Waals surface area contributed by atoms with Gasteiger partial charge in [0.25, 0.3) is 5.69 Å². The normalized spacial score (nSPS) is 13.4. The summed E-state index contributed by atoms with van der Waals surface area (Å²) in [6, 6.07) is 16.5. The molecule has 0 aliphatic heterocycles. The largest absolute Gasteiger partial charge is 0.300 e. The molecule has 2 aromatic rings. The van der Waals surface area contributed by atoms with Crippen molar-refractivity contribution in [1.82, 2.24) is 5.32 Å². The minimum atomic E-state index is -0.654. The topological polar surface area (TPSA) is 55.2 Å². The molecular formula is C17H18N2O2. The minimum Gasteiger partial charge on any atom is -0.300 e. The number of nitro groups is 1. The molecule has 0 radical (unpaired) electrons. The van der Waals surface area contributed by atoms with Crippen LogP contribution in [0.1, 0.15) is 18.1 Å². The number of nitrogens with one attached hydrogen (secondary N) is 1. The number of hydrogen-bond acceptors (Lipinski definition) is 3. The van der Waals surface area contributed by atoms with Crippen LogP contribution in [0.5, 0.6) is 0 Å². The van der Waals surface area contributed by atoms with Crippen molar-refractivity contribution in [2.45, 2.75) is 12.5 Å². The molecule has 2 rings (SSSR count). The molecule has 1 atom stereocenters. The Morgan fingerprint density at radius 1 is 1.19 bits per heavy atom. The third kappa shape index (κ3) is 3.01. The van der Waals surface area contributed by atoms with Gasteiger partial charge in [0, 0.05) is 12.6 Å². The van der Waals surface area contributed by atoms with Crippen molar-refractivity contribution in [3.63, 3.8) is 0 Å². The SMILES string of the molecule is C=CCNC(C)(c1ccccc1)c1ccccc1[N+](=O)[O-]. The van der Waals surface area contributed by atoms with Crippen molar-refractivity contribution >= 4 is 5.69 Å². The van der Waals surface area contributed by atoms with Crippen LogP contribution in [0.15, 0.2) is 67.3 Å². The van der Waals surface area contributed by atoms with Gasteiger partial charge in [-0.1, -0.05) is 48.5 Å². The van der Waals surface area contributed by atoms with Crippen molar-refractivity contribution < 1.29 is 4.92 Å². The lowest BCUT2D eigenvalue weighted by Gasteiger charge is -2.31. The molecule has 0 amide bonds. The first kappa shape index (κ1) is 14.9. The summed E-state index contributed by atoms with van der Waals surface area (Å²) in [4.78, 5) is 11.0. The second kappa shape index (κ2) is 6.33. The van der Waals surface area contributed by atoms with Gasteiger partial charge in [-0.3, -0.25) is 10.1 Å². The van der Waals surface area contributed by atoms with Gasteiger partial charge in [-0.25, -0.2) is 0 Å². The molecule has 21 heavy (non-hydrogen) atoms. The van der Waals surface area contributed by atoms with E-state index in [-0.39, 0.29) is 10.6 Å². The van der Waals surface area contributed by atoms with Crippen LogP contribution in [-0.2, 0) is 5.54 Å².